The first-order valence-electron chi connectivity index (χ1n) is 13.1. The molecule has 1 rings (SSSR count). The Morgan fingerprint density at radius 3 is 1.75 bits per heavy atom. The smallest absolute Gasteiger partial charge is 0.187 e. The fourth-order valence-corrected chi connectivity index (χ4v) is 4.09. The minimum atomic E-state index is -1.32. The van der Waals surface area contributed by atoms with Gasteiger partial charge in [0.1, 0.15) is 18.3 Å². The Bertz CT molecular complexity index is 427. The van der Waals surface area contributed by atoms with Crippen molar-refractivity contribution in [2.24, 2.45) is 5.73 Å². The number of ether oxygens (including phenoxy) is 3. The lowest BCUT2D eigenvalue weighted by atomic mass is 10.00. The molecule has 0 aromatic carbocycles. The highest BCUT2D eigenvalue weighted by atomic mass is 16.7. The Kier molecular flexibility index (Phi) is 17.7. The molecule has 1 heterocycles. The molecule has 1 saturated heterocycles. The molecule has 192 valence electrons. The zero-order valence-electron chi connectivity index (χ0n) is 20.6. The van der Waals surface area contributed by atoms with Crippen molar-refractivity contribution >= 4 is 0 Å². The van der Waals surface area contributed by atoms with E-state index in [-0.39, 0.29) is 6.54 Å². The van der Waals surface area contributed by atoms with Gasteiger partial charge in [-0.1, -0.05) is 90.4 Å². The summed E-state index contributed by atoms with van der Waals surface area (Å²) in [5.41, 5.74) is 5.74. The van der Waals surface area contributed by atoms with E-state index in [4.69, 9.17) is 19.9 Å². The van der Waals surface area contributed by atoms with Crippen LogP contribution >= 0.6 is 0 Å². The standard InChI is InChI=1S/C25H51NO6/c1-3-4-5-6-7-8-9-10-11-12-13-14-15-16-17-30-19-21(18-26)32-25-24(29)23(28)22(27)20(2)31-25/h20-25,27-29H,3-19,26H2,1-2H3/t20?,21?,22-,23-,24?,25+/m0/s1. The largest absolute Gasteiger partial charge is 0.388 e. The molecule has 3 unspecified atom stereocenters. The van der Waals surface area contributed by atoms with Gasteiger partial charge in [-0.25, -0.2) is 0 Å². The number of unbranched alkanes of at least 4 members (excludes halogenated alkanes) is 13. The Hall–Kier alpha value is -0.280. The summed E-state index contributed by atoms with van der Waals surface area (Å²) >= 11 is 0. The average Bonchev–Trinajstić information content (AvgIpc) is 2.79. The first-order valence-corrected chi connectivity index (χ1v) is 13.1. The van der Waals surface area contributed by atoms with Gasteiger partial charge >= 0.3 is 0 Å². The molecule has 0 aromatic rings. The van der Waals surface area contributed by atoms with Gasteiger partial charge in [-0.3, -0.25) is 0 Å². The van der Waals surface area contributed by atoms with E-state index in [9.17, 15) is 15.3 Å². The molecule has 6 atom stereocenters. The van der Waals surface area contributed by atoms with E-state index in [2.05, 4.69) is 6.92 Å². The van der Waals surface area contributed by atoms with Crippen LogP contribution in [0.5, 0.6) is 0 Å². The third kappa shape index (κ3) is 12.8. The van der Waals surface area contributed by atoms with Gasteiger partial charge in [-0.15, -0.1) is 0 Å². The molecule has 0 aromatic heterocycles. The quantitative estimate of drug-likeness (QED) is 0.205. The predicted molar refractivity (Wildman–Crippen MR) is 127 cm³/mol. The number of hydrogen-bond acceptors (Lipinski definition) is 7. The maximum Gasteiger partial charge on any atom is 0.187 e. The Morgan fingerprint density at radius 2 is 1.25 bits per heavy atom. The van der Waals surface area contributed by atoms with Crippen molar-refractivity contribution < 1.29 is 29.5 Å². The third-order valence-electron chi connectivity index (χ3n) is 6.34. The van der Waals surface area contributed by atoms with E-state index in [1.54, 1.807) is 6.92 Å². The fraction of sp³-hybridized carbons (Fsp3) is 1.00. The Morgan fingerprint density at radius 1 is 0.750 bits per heavy atom. The van der Waals surface area contributed by atoms with Gasteiger partial charge in [0.05, 0.1) is 18.8 Å². The van der Waals surface area contributed by atoms with Gasteiger partial charge in [0.15, 0.2) is 6.29 Å². The molecule has 7 nitrogen and oxygen atoms in total. The highest BCUT2D eigenvalue weighted by molar-refractivity contribution is 4.87. The second kappa shape index (κ2) is 19.1. The summed E-state index contributed by atoms with van der Waals surface area (Å²) in [5, 5.41) is 29.7. The molecule has 0 bridgehead atoms. The van der Waals surface area contributed by atoms with Crippen LogP contribution in [0.15, 0.2) is 0 Å². The number of hydrogen-bond donors (Lipinski definition) is 4. The van der Waals surface area contributed by atoms with Crippen LogP contribution in [0.4, 0.5) is 0 Å². The molecule has 5 N–H and O–H groups in total. The van der Waals surface area contributed by atoms with Crippen molar-refractivity contribution in [3.8, 4) is 0 Å². The number of nitrogens with two attached hydrogens (primary N) is 1. The van der Waals surface area contributed by atoms with Crippen LogP contribution in [0.2, 0.25) is 0 Å². The first kappa shape index (κ1) is 29.8. The van der Waals surface area contributed by atoms with Crippen LogP contribution in [0.3, 0.4) is 0 Å². The summed E-state index contributed by atoms with van der Waals surface area (Å²) in [6.07, 6.45) is 12.7. The van der Waals surface area contributed by atoms with Gasteiger partial charge in [-0.05, 0) is 13.3 Å². The summed E-state index contributed by atoms with van der Waals surface area (Å²) in [6.45, 7) is 5.08. The van der Waals surface area contributed by atoms with Gasteiger partial charge < -0.3 is 35.3 Å². The molecule has 7 heteroatoms. The maximum atomic E-state index is 10.0. The minimum Gasteiger partial charge on any atom is -0.388 e. The fourth-order valence-electron chi connectivity index (χ4n) is 4.09. The summed E-state index contributed by atoms with van der Waals surface area (Å²) in [5.74, 6) is 0. The van der Waals surface area contributed by atoms with Crippen LogP contribution < -0.4 is 5.73 Å². The predicted octanol–water partition coefficient (Wildman–Crippen LogP) is 3.66. The van der Waals surface area contributed by atoms with Crippen molar-refractivity contribution in [3.63, 3.8) is 0 Å². The van der Waals surface area contributed by atoms with E-state index in [0.717, 1.165) is 12.8 Å². The minimum absolute atomic E-state index is 0.221. The molecule has 1 aliphatic heterocycles. The van der Waals surface area contributed by atoms with Gasteiger partial charge in [0, 0.05) is 13.2 Å². The van der Waals surface area contributed by atoms with Crippen LogP contribution in [0.1, 0.15) is 104 Å². The first-order chi connectivity index (χ1) is 15.5. The zero-order valence-corrected chi connectivity index (χ0v) is 20.6. The van der Waals surface area contributed by atoms with Gasteiger partial charge in [-0.2, -0.15) is 0 Å². The molecule has 0 saturated carbocycles. The molecular formula is C25H51NO6. The van der Waals surface area contributed by atoms with Crippen molar-refractivity contribution in [1.29, 1.82) is 0 Å². The maximum absolute atomic E-state index is 10.0. The SMILES string of the molecule is CCCCCCCCCCCCCCCCOCC(CN)O[C@H]1OC(C)[C@H](O)[C@H](O)C1O. The van der Waals surface area contributed by atoms with Crippen molar-refractivity contribution in [3.05, 3.63) is 0 Å². The number of aliphatic hydroxyl groups is 3. The summed E-state index contributed by atoms with van der Waals surface area (Å²) in [4.78, 5) is 0. The second-order valence-electron chi connectivity index (χ2n) is 9.35. The molecule has 0 spiro atoms. The topological polar surface area (TPSA) is 114 Å². The summed E-state index contributed by atoms with van der Waals surface area (Å²) in [6, 6.07) is 0. The molecule has 0 radical (unpaired) electrons. The molecular weight excluding hydrogens is 410 g/mol. The van der Waals surface area contributed by atoms with Gasteiger partial charge in [0.25, 0.3) is 0 Å². The van der Waals surface area contributed by atoms with E-state index < -0.39 is 36.8 Å². The lowest BCUT2D eigenvalue weighted by Crippen LogP contribution is -2.58. The van der Waals surface area contributed by atoms with Crippen LogP contribution in [0, 0.1) is 0 Å². The number of aliphatic hydroxyl groups excluding tert-OH is 3. The van der Waals surface area contributed by atoms with Crippen LogP contribution in [0.25, 0.3) is 0 Å². The van der Waals surface area contributed by atoms with Crippen LogP contribution in [-0.4, -0.2) is 71.9 Å². The molecule has 0 amide bonds. The lowest BCUT2D eigenvalue weighted by Gasteiger charge is -2.40. The van der Waals surface area contributed by atoms with Crippen molar-refractivity contribution in [2.45, 2.75) is 141 Å². The van der Waals surface area contributed by atoms with Gasteiger partial charge in [0.2, 0.25) is 0 Å². The van der Waals surface area contributed by atoms with E-state index in [1.165, 1.54) is 77.0 Å². The lowest BCUT2D eigenvalue weighted by molar-refractivity contribution is -0.305. The van der Waals surface area contributed by atoms with E-state index in [0.29, 0.717) is 13.2 Å². The molecule has 32 heavy (non-hydrogen) atoms. The van der Waals surface area contributed by atoms with Crippen molar-refractivity contribution in [2.75, 3.05) is 19.8 Å². The monoisotopic (exact) mass is 461 g/mol. The summed E-state index contributed by atoms with van der Waals surface area (Å²) in [7, 11) is 0. The second-order valence-corrected chi connectivity index (χ2v) is 9.35. The number of rotatable bonds is 20. The van der Waals surface area contributed by atoms with E-state index >= 15 is 0 Å². The highest BCUT2D eigenvalue weighted by Crippen LogP contribution is 2.22. The Balaban J connectivity index is 1.94. The average molecular weight is 462 g/mol. The molecule has 1 fully saturated rings. The third-order valence-corrected chi connectivity index (χ3v) is 6.34. The molecule has 1 aliphatic rings. The normalized spacial score (nSPS) is 27.0. The van der Waals surface area contributed by atoms with Crippen LogP contribution in [-0.2, 0) is 14.2 Å². The molecule has 0 aliphatic carbocycles. The Labute approximate surface area is 196 Å². The van der Waals surface area contributed by atoms with E-state index in [1.807, 2.05) is 0 Å². The van der Waals surface area contributed by atoms with Crippen molar-refractivity contribution in [1.82, 2.24) is 0 Å². The zero-order chi connectivity index (χ0) is 23.6. The summed E-state index contributed by atoms with van der Waals surface area (Å²) < 4.78 is 16.8. The highest BCUT2D eigenvalue weighted by Gasteiger charge is 2.43.